The van der Waals surface area contributed by atoms with Gasteiger partial charge in [0, 0.05) is 43.7 Å². The second-order valence-electron chi connectivity index (χ2n) is 10.2. The number of sulfonamides is 1. The van der Waals surface area contributed by atoms with Crippen molar-refractivity contribution in [2.45, 2.75) is 17.4 Å². The van der Waals surface area contributed by atoms with Gasteiger partial charge in [0.05, 0.1) is 16.3 Å². The van der Waals surface area contributed by atoms with E-state index in [-0.39, 0.29) is 17.0 Å². The summed E-state index contributed by atoms with van der Waals surface area (Å²) in [6, 6.07) is 12.0. The van der Waals surface area contributed by atoms with Crippen molar-refractivity contribution in [2.24, 2.45) is 7.05 Å². The number of anilines is 1. The summed E-state index contributed by atoms with van der Waals surface area (Å²) >= 11 is 0. The van der Waals surface area contributed by atoms with Crippen molar-refractivity contribution in [2.75, 3.05) is 4.72 Å². The maximum absolute atomic E-state index is 15.0. The number of benzene rings is 3. The molecule has 0 saturated heterocycles. The van der Waals surface area contributed by atoms with Crippen molar-refractivity contribution in [3.05, 3.63) is 135 Å². The number of nitrogens with zero attached hydrogens (tertiary/aromatic N) is 4. The molecule has 0 radical (unpaired) electrons. The number of aromatic nitrogens is 4. The van der Waals surface area contributed by atoms with Gasteiger partial charge in [-0.15, -0.1) is 0 Å². The van der Waals surface area contributed by atoms with E-state index in [9.17, 15) is 32.7 Å². The zero-order valence-corrected chi connectivity index (χ0v) is 25.1. The van der Waals surface area contributed by atoms with Crippen LogP contribution in [0.3, 0.4) is 0 Å². The van der Waals surface area contributed by atoms with E-state index < -0.39 is 62.1 Å². The third-order valence-electron chi connectivity index (χ3n) is 6.97. The van der Waals surface area contributed by atoms with Crippen molar-refractivity contribution in [1.29, 1.82) is 0 Å². The molecule has 5 aromatic rings. The predicted octanol–water partition coefficient (Wildman–Crippen LogP) is 2.50. The average Bonchev–Trinajstić information content (AvgIpc) is 3.03. The standard InChI is InChI=1S/C31H24F2N6O7S/c1-38-11-10-27(40)39(31(38)44)22-6-2-18(3-7-22)12-26(30(42)43)36-29(41)28-24(32)13-21(14-25(28)33)37-47(45,46)23-8-4-19(5-9-23)20-15-34-17-35-16-20/h2-11,13-17,26,37H,12H2,1H3,(H,36,41)(H,42,43)/t26-/m0/s1. The topological polar surface area (TPSA) is 182 Å². The number of carboxylic acids is 1. The van der Waals surface area contributed by atoms with E-state index in [1.807, 2.05) is 0 Å². The fraction of sp³-hybridized carbons (Fsp3) is 0.0968. The van der Waals surface area contributed by atoms with Gasteiger partial charge < -0.3 is 15.0 Å². The van der Waals surface area contributed by atoms with Gasteiger partial charge in [0.15, 0.2) is 0 Å². The second-order valence-corrected chi connectivity index (χ2v) is 11.9. The van der Waals surface area contributed by atoms with E-state index in [1.165, 1.54) is 91.1 Å². The van der Waals surface area contributed by atoms with Crippen LogP contribution in [0.5, 0.6) is 0 Å². The zero-order valence-electron chi connectivity index (χ0n) is 24.3. The highest BCUT2D eigenvalue weighted by atomic mass is 32.2. The molecule has 2 aromatic heterocycles. The van der Waals surface area contributed by atoms with Crippen molar-refractivity contribution < 1.29 is 31.9 Å². The summed E-state index contributed by atoms with van der Waals surface area (Å²) < 4.78 is 59.9. The summed E-state index contributed by atoms with van der Waals surface area (Å²) in [5.41, 5.74) is -0.967. The van der Waals surface area contributed by atoms with E-state index in [2.05, 4.69) is 20.0 Å². The smallest absolute Gasteiger partial charge is 0.335 e. The van der Waals surface area contributed by atoms with Gasteiger partial charge in [0.25, 0.3) is 21.5 Å². The number of rotatable bonds is 10. The Bertz CT molecular complexity index is 2180. The van der Waals surface area contributed by atoms with Crippen LogP contribution in [-0.2, 0) is 28.3 Å². The zero-order chi connectivity index (χ0) is 33.9. The van der Waals surface area contributed by atoms with Crippen LogP contribution in [0, 0.1) is 11.6 Å². The molecule has 2 heterocycles. The predicted molar refractivity (Wildman–Crippen MR) is 165 cm³/mol. The van der Waals surface area contributed by atoms with E-state index >= 15 is 8.78 Å². The van der Waals surface area contributed by atoms with Crippen LogP contribution >= 0.6 is 0 Å². The number of amides is 1. The summed E-state index contributed by atoms with van der Waals surface area (Å²) in [6.45, 7) is 0. The Labute approximate surface area is 264 Å². The summed E-state index contributed by atoms with van der Waals surface area (Å²) in [4.78, 5) is 56.9. The fourth-order valence-corrected chi connectivity index (χ4v) is 5.63. The van der Waals surface area contributed by atoms with Crippen LogP contribution in [0.2, 0.25) is 0 Å². The summed E-state index contributed by atoms with van der Waals surface area (Å²) in [7, 11) is -2.84. The molecule has 3 N–H and O–H groups in total. The quantitative estimate of drug-likeness (QED) is 0.202. The monoisotopic (exact) mass is 662 g/mol. The summed E-state index contributed by atoms with van der Waals surface area (Å²) in [5, 5.41) is 11.8. The Morgan fingerprint density at radius 2 is 1.53 bits per heavy atom. The number of hydrogen-bond acceptors (Lipinski definition) is 8. The first kappa shape index (κ1) is 32.4. The third kappa shape index (κ3) is 7.12. The molecule has 1 atom stereocenters. The van der Waals surface area contributed by atoms with Gasteiger partial charge in [-0.05, 0) is 47.5 Å². The molecule has 0 saturated carbocycles. The van der Waals surface area contributed by atoms with E-state index in [4.69, 9.17) is 0 Å². The molecule has 3 aromatic carbocycles. The molecule has 1 amide bonds. The van der Waals surface area contributed by atoms with Crippen LogP contribution < -0.4 is 21.3 Å². The first-order chi connectivity index (χ1) is 22.3. The molecule has 240 valence electrons. The molecule has 47 heavy (non-hydrogen) atoms. The van der Waals surface area contributed by atoms with E-state index in [0.29, 0.717) is 28.8 Å². The van der Waals surface area contributed by atoms with Crippen molar-refractivity contribution in [1.82, 2.24) is 24.4 Å². The number of carboxylic acid groups (broad SMARTS) is 1. The molecule has 0 bridgehead atoms. The Morgan fingerprint density at radius 3 is 2.13 bits per heavy atom. The lowest BCUT2D eigenvalue weighted by Crippen LogP contribution is -2.43. The van der Waals surface area contributed by atoms with Crippen molar-refractivity contribution in [3.63, 3.8) is 0 Å². The average molecular weight is 663 g/mol. The van der Waals surface area contributed by atoms with E-state index in [1.54, 1.807) is 0 Å². The number of hydrogen-bond donors (Lipinski definition) is 3. The minimum atomic E-state index is -4.30. The number of nitrogens with one attached hydrogen (secondary N) is 2. The minimum absolute atomic E-state index is 0.212. The van der Waals surface area contributed by atoms with Crippen LogP contribution in [-0.4, -0.2) is 50.5 Å². The van der Waals surface area contributed by atoms with Crippen molar-refractivity contribution in [3.8, 4) is 16.8 Å². The van der Waals surface area contributed by atoms with Crippen LogP contribution in [0.4, 0.5) is 14.5 Å². The largest absolute Gasteiger partial charge is 0.480 e. The van der Waals surface area contributed by atoms with Gasteiger partial charge in [-0.2, -0.15) is 0 Å². The maximum atomic E-state index is 15.0. The molecule has 0 aliphatic heterocycles. The first-order valence-corrected chi connectivity index (χ1v) is 15.1. The van der Waals surface area contributed by atoms with Crippen molar-refractivity contribution >= 4 is 27.6 Å². The highest BCUT2D eigenvalue weighted by molar-refractivity contribution is 7.92. The lowest BCUT2D eigenvalue weighted by atomic mass is 10.0. The van der Waals surface area contributed by atoms with Gasteiger partial charge >= 0.3 is 11.7 Å². The fourth-order valence-electron chi connectivity index (χ4n) is 4.59. The number of aryl methyl sites for hydroxylation is 1. The first-order valence-electron chi connectivity index (χ1n) is 13.6. The van der Waals surface area contributed by atoms with Gasteiger partial charge in [-0.3, -0.25) is 14.3 Å². The molecular formula is C31H24F2N6O7S. The van der Waals surface area contributed by atoms with Crippen LogP contribution in [0.15, 0.2) is 106 Å². The molecule has 16 heteroatoms. The SMILES string of the molecule is Cn1ccc(=O)n(-c2ccc(C[C@H](NC(=O)c3c(F)cc(NS(=O)(=O)c4ccc(-c5cncnc5)cc4)cc3F)C(=O)O)cc2)c1=O. The lowest BCUT2D eigenvalue weighted by Gasteiger charge is -2.16. The minimum Gasteiger partial charge on any atom is -0.480 e. The Balaban J connectivity index is 1.29. The molecule has 0 spiro atoms. The molecule has 0 fully saturated rings. The number of carbonyl (C=O) groups excluding carboxylic acids is 1. The molecule has 13 nitrogen and oxygen atoms in total. The molecule has 5 rings (SSSR count). The number of carbonyl (C=O) groups is 2. The maximum Gasteiger partial charge on any atom is 0.335 e. The number of halogens is 2. The van der Waals surface area contributed by atoms with Gasteiger partial charge in [-0.25, -0.2) is 41.3 Å². The molecule has 0 aliphatic carbocycles. The van der Waals surface area contributed by atoms with E-state index in [0.717, 1.165) is 4.57 Å². The molecule has 0 unspecified atom stereocenters. The highest BCUT2D eigenvalue weighted by Crippen LogP contribution is 2.24. The lowest BCUT2D eigenvalue weighted by molar-refractivity contribution is -0.139. The molecule has 0 aliphatic rings. The highest BCUT2D eigenvalue weighted by Gasteiger charge is 2.26. The normalized spacial score (nSPS) is 11.9. The molecular weight excluding hydrogens is 638 g/mol. The van der Waals surface area contributed by atoms with Gasteiger partial charge in [0.1, 0.15) is 29.6 Å². The second kappa shape index (κ2) is 13.1. The number of aliphatic carboxylic acids is 1. The summed E-state index contributed by atoms with van der Waals surface area (Å²) in [5.74, 6) is -5.78. The van der Waals surface area contributed by atoms with Gasteiger partial charge in [-0.1, -0.05) is 24.3 Å². The summed E-state index contributed by atoms with van der Waals surface area (Å²) in [6.07, 6.45) is 5.41. The van der Waals surface area contributed by atoms with Crippen LogP contribution in [0.25, 0.3) is 16.8 Å². The third-order valence-corrected chi connectivity index (χ3v) is 8.37. The van der Waals surface area contributed by atoms with Crippen LogP contribution in [0.1, 0.15) is 15.9 Å². The van der Waals surface area contributed by atoms with Gasteiger partial charge in [0.2, 0.25) is 0 Å². The Kier molecular flexibility index (Phi) is 9.05. The Morgan fingerprint density at radius 1 is 0.915 bits per heavy atom. The Hall–Kier alpha value is -6.03.